The fourth-order valence-electron chi connectivity index (χ4n) is 4.23. The number of phenols is 1. The summed E-state index contributed by atoms with van der Waals surface area (Å²) in [5.41, 5.74) is 4.16. The number of benzene rings is 2. The number of aliphatic hydroxyl groups is 4. The van der Waals surface area contributed by atoms with E-state index in [1.807, 2.05) is 37.4 Å². The molecule has 0 unspecified atom stereocenters. The SMILES string of the molecule is CSCCNC(=O)NCCc1ccc(Cc2cc([C@@H]3O[C@H](CO)[C@@H](O)[C@H](O)[C@H]3O)c(O)cc2C)cc1. The average Bonchev–Trinajstić information content (AvgIpc) is 2.86. The Bertz CT molecular complexity index is 1000. The van der Waals surface area contributed by atoms with E-state index in [2.05, 4.69) is 10.6 Å². The molecule has 1 fully saturated rings. The zero-order valence-electron chi connectivity index (χ0n) is 20.6. The van der Waals surface area contributed by atoms with Crippen LogP contribution in [-0.2, 0) is 17.6 Å². The number of amides is 2. The lowest BCUT2D eigenvalue weighted by Gasteiger charge is -2.40. The highest BCUT2D eigenvalue weighted by molar-refractivity contribution is 7.98. The van der Waals surface area contributed by atoms with E-state index >= 15 is 0 Å². The number of aryl methyl sites for hydroxylation is 1. The maximum Gasteiger partial charge on any atom is 0.314 e. The number of urea groups is 1. The Morgan fingerprint density at radius 3 is 2.33 bits per heavy atom. The number of thioether (sulfide) groups is 1. The number of hydrogen-bond acceptors (Lipinski definition) is 8. The van der Waals surface area contributed by atoms with Gasteiger partial charge in [0.05, 0.1) is 6.61 Å². The molecule has 0 radical (unpaired) electrons. The zero-order chi connectivity index (χ0) is 26.2. The van der Waals surface area contributed by atoms with Crippen molar-refractivity contribution in [2.45, 2.75) is 50.3 Å². The van der Waals surface area contributed by atoms with Gasteiger partial charge < -0.3 is 40.9 Å². The molecule has 0 bridgehead atoms. The van der Waals surface area contributed by atoms with Gasteiger partial charge in [-0.3, -0.25) is 0 Å². The number of phenolic OH excluding ortho intramolecular Hbond substituents is 1. The predicted molar refractivity (Wildman–Crippen MR) is 138 cm³/mol. The van der Waals surface area contributed by atoms with Crippen LogP contribution in [0.15, 0.2) is 36.4 Å². The summed E-state index contributed by atoms with van der Waals surface area (Å²) in [6, 6.07) is 11.2. The molecule has 3 rings (SSSR count). The molecule has 1 saturated heterocycles. The summed E-state index contributed by atoms with van der Waals surface area (Å²) >= 11 is 1.68. The summed E-state index contributed by atoms with van der Waals surface area (Å²) in [4.78, 5) is 11.7. The van der Waals surface area contributed by atoms with E-state index in [-0.39, 0.29) is 17.3 Å². The molecule has 2 aromatic rings. The predicted octanol–water partition coefficient (Wildman–Crippen LogP) is 1.01. The van der Waals surface area contributed by atoms with Crippen LogP contribution in [0.4, 0.5) is 4.79 Å². The van der Waals surface area contributed by atoms with Crippen molar-refractivity contribution in [1.82, 2.24) is 10.6 Å². The first-order valence-electron chi connectivity index (χ1n) is 12.0. The summed E-state index contributed by atoms with van der Waals surface area (Å²) in [6.45, 7) is 2.50. The normalized spacial score (nSPS) is 23.9. The summed E-state index contributed by atoms with van der Waals surface area (Å²) in [6.07, 6.45) is -3.35. The van der Waals surface area contributed by atoms with E-state index < -0.39 is 37.1 Å². The lowest BCUT2D eigenvalue weighted by atomic mass is 9.88. The van der Waals surface area contributed by atoms with Crippen molar-refractivity contribution >= 4 is 17.8 Å². The van der Waals surface area contributed by atoms with E-state index in [0.717, 1.165) is 28.0 Å². The summed E-state index contributed by atoms with van der Waals surface area (Å²) in [5.74, 6) is 0.778. The van der Waals surface area contributed by atoms with Crippen LogP contribution in [0.2, 0.25) is 0 Å². The summed E-state index contributed by atoms with van der Waals surface area (Å²) in [7, 11) is 0. The number of rotatable bonds is 10. The molecule has 198 valence electrons. The fourth-order valence-corrected chi connectivity index (χ4v) is 4.53. The number of carbonyl (C=O) groups is 1. The van der Waals surface area contributed by atoms with Crippen LogP contribution < -0.4 is 10.6 Å². The Kier molecular flexibility index (Phi) is 10.4. The molecule has 1 heterocycles. The minimum atomic E-state index is -1.52. The van der Waals surface area contributed by atoms with Crippen molar-refractivity contribution in [2.24, 2.45) is 0 Å². The monoisotopic (exact) mass is 520 g/mol. The van der Waals surface area contributed by atoms with Gasteiger partial charge in [-0.1, -0.05) is 24.3 Å². The minimum Gasteiger partial charge on any atom is -0.508 e. The quantitative estimate of drug-likeness (QED) is 0.229. The van der Waals surface area contributed by atoms with Crippen molar-refractivity contribution in [3.05, 3.63) is 64.2 Å². The second-order valence-corrected chi connectivity index (χ2v) is 9.99. The number of nitrogens with one attached hydrogen (secondary N) is 2. The molecule has 2 amide bonds. The molecule has 1 aliphatic heterocycles. The Labute approximate surface area is 215 Å². The fraction of sp³-hybridized carbons (Fsp3) is 0.500. The topological polar surface area (TPSA) is 152 Å². The molecule has 0 aliphatic carbocycles. The van der Waals surface area contributed by atoms with Gasteiger partial charge in [-0.25, -0.2) is 4.79 Å². The van der Waals surface area contributed by atoms with E-state index in [1.165, 1.54) is 0 Å². The molecule has 0 aromatic heterocycles. The van der Waals surface area contributed by atoms with Gasteiger partial charge in [0, 0.05) is 24.4 Å². The molecule has 10 heteroatoms. The zero-order valence-corrected chi connectivity index (χ0v) is 21.4. The Hall–Kier alpha value is -2.34. The van der Waals surface area contributed by atoms with Crippen molar-refractivity contribution in [3.8, 4) is 5.75 Å². The molecule has 2 aromatic carbocycles. The van der Waals surface area contributed by atoms with Crippen LogP contribution >= 0.6 is 11.8 Å². The maximum atomic E-state index is 11.7. The number of hydrogen-bond donors (Lipinski definition) is 7. The Morgan fingerprint density at radius 1 is 1.00 bits per heavy atom. The first kappa shape index (κ1) is 28.2. The van der Waals surface area contributed by atoms with Gasteiger partial charge in [-0.2, -0.15) is 11.8 Å². The second-order valence-electron chi connectivity index (χ2n) is 9.01. The second kappa shape index (κ2) is 13.3. The lowest BCUT2D eigenvalue weighted by Crippen LogP contribution is -2.55. The third kappa shape index (κ3) is 7.12. The third-order valence-electron chi connectivity index (χ3n) is 6.39. The largest absolute Gasteiger partial charge is 0.508 e. The molecule has 1 aliphatic rings. The van der Waals surface area contributed by atoms with Gasteiger partial charge in [-0.05, 0) is 60.4 Å². The van der Waals surface area contributed by atoms with Crippen LogP contribution in [0.5, 0.6) is 5.75 Å². The lowest BCUT2D eigenvalue weighted by molar-refractivity contribution is -0.232. The van der Waals surface area contributed by atoms with E-state index in [4.69, 9.17) is 4.74 Å². The first-order valence-corrected chi connectivity index (χ1v) is 13.4. The smallest absolute Gasteiger partial charge is 0.314 e. The average molecular weight is 521 g/mol. The third-order valence-corrected chi connectivity index (χ3v) is 7.00. The molecule has 9 nitrogen and oxygen atoms in total. The molecule has 0 spiro atoms. The van der Waals surface area contributed by atoms with Gasteiger partial charge in [0.15, 0.2) is 0 Å². The van der Waals surface area contributed by atoms with Crippen LogP contribution in [0.25, 0.3) is 0 Å². The maximum absolute atomic E-state index is 11.7. The summed E-state index contributed by atoms with van der Waals surface area (Å²) in [5, 5.41) is 56.4. The van der Waals surface area contributed by atoms with Crippen LogP contribution in [0, 0.1) is 6.92 Å². The van der Waals surface area contributed by atoms with Crippen molar-refractivity contribution in [3.63, 3.8) is 0 Å². The van der Waals surface area contributed by atoms with E-state index in [0.29, 0.717) is 25.9 Å². The van der Waals surface area contributed by atoms with E-state index in [9.17, 15) is 30.3 Å². The molecular formula is C26H36N2O7S. The van der Waals surface area contributed by atoms with Crippen LogP contribution in [-0.4, -0.2) is 87.7 Å². The Morgan fingerprint density at radius 2 is 1.67 bits per heavy atom. The Balaban J connectivity index is 1.65. The van der Waals surface area contributed by atoms with Gasteiger partial charge >= 0.3 is 6.03 Å². The van der Waals surface area contributed by atoms with E-state index in [1.54, 1.807) is 23.9 Å². The van der Waals surface area contributed by atoms with Gasteiger partial charge in [0.2, 0.25) is 0 Å². The number of aromatic hydroxyl groups is 1. The number of aliphatic hydroxyl groups excluding tert-OH is 4. The highest BCUT2D eigenvalue weighted by Gasteiger charge is 2.44. The first-order chi connectivity index (χ1) is 17.2. The number of carbonyl (C=O) groups excluding carboxylic acids is 1. The molecular weight excluding hydrogens is 484 g/mol. The van der Waals surface area contributed by atoms with Crippen LogP contribution in [0.1, 0.15) is 33.9 Å². The molecule has 5 atom stereocenters. The molecule has 36 heavy (non-hydrogen) atoms. The number of ether oxygens (including phenoxy) is 1. The highest BCUT2D eigenvalue weighted by atomic mass is 32.2. The highest BCUT2D eigenvalue weighted by Crippen LogP contribution is 2.38. The standard InChI is InChI=1S/C26H36N2O7S/c1-15-11-20(30)19(25-24(33)23(32)22(31)21(14-29)35-25)13-18(15)12-17-5-3-16(4-6-17)7-8-27-26(34)28-9-10-36-2/h3-6,11,13,21-25,29-33H,7-10,12,14H2,1-2H3,(H2,27,28,34)/t21-,22-,23+,24-,25+/m1/s1. The molecule has 7 N–H and O–H groups in total. The van der Waals surface area contributed by atoms with Crippen molar-refractivity contribution < 1.29 is 35.1 Å². The van der Waals surface area contributed by atoms with Crippen LogP contribution in [0.3, 0.4) is 0 Å². The van der Waals surface area contributed by atoms with Gasteiger partial charge in [-0.15, -0.1) is 0 Å². The summed E-state index contributed by atoms with van der Waals surface area (Å²) < 4.78 is 5.63. The van der Waals surface area contributed by atoms with Gasteiger partial charge in [0.25, 0.3) is 0 Å². The van der Waals surface area contributed by atoms with Gasteiger partial charge in [0.1, 0.15) is 36.3 Å². The molecule has 0 saturated carbocycles. The van der Waals surface area contributed by atoms with Crippen molar-refractivity contribution in [2.75, 3.05) is 31.7 Å². The minimum absolute atomic E-state index is 0.0964. The van der Waals surface area contributed by atoms with Crippen molar-refractivity contribution in [1.29, 1.82) is 0 Å².